The number of hydrogen-bond donors (Lipinski definition) is 1. The fourth-order valence-electron chi connectivity index (χ4n) is 4.30. The van der Waals surface area contributed by atoms with E-state index in [0.29, 0.717) is 41.1 Å². The van der Waals surface area contributed by atoms with E-state index in [9.17, 15) is 8.42 Å². The summed E-state index contributed by atoms with van der Waals surface area (Å²) in [5.41, 5.74) is 0.460. The summed E-state index contributed by atoms with van der Waals surface area (Å²) >= 11 is 5.88. The highest BCUT2D eigenvalue weighted by Crippen LogP contribution is 2.40. The Hall–Kier alpha value is -3.00. The molecule has 1 saturated heterocycles. The molecule has 0 spiro atoms. The first-order valence-electron chi connectivity index (χ1n) is 11.5. The standard InChI is InChI=1S/C23H29ClN6O6S/c1-13-16(9-10-36-13)22-27-28-23(30(22)19-17(33-3)7-6-8-18(19)34-4)29-37(31,32)14(2)20(35-5)21-25-11-15(24)12-26-21/h6-8,11-14,16,20H,9-10H2,1-5H3,(H,28,29)/t13-,14+,16+,20+/m1/s1. The SMILES string of the molecule is COc1cccc(OC)c1-n1c(NS(=O)(=O)[C@@H](C)[C@H](OC)c2ncc(Cl)cn2)nnc1[C@H]1CCO[C@@H]1C. The number of para-hydroxylation sites is 1. The second-order valence-electron chi connectivity index (χ2n) is 8.47. The number of anilines is 1. The van der Waals surface area contributed by atoms with E-state index in [1.54, 1.807) is 22.8 Å². The van der Waals surface area contributed by atoms with Crippen LogP contribution in [0, 0.1) is 0 Å². The van der Waals surface area contributed by atoms with Crippen molar-refractivity contribution in [2.24, 2.45) is 0 Å². The maximum atomic E-state index is 13.6. The van der Waals surface area contributed by atoms with Crippen LogP contribution in [0.5, 0.6) is 11.5 Å². The predicted molar refractivity (Wildman–Crippen MR) is 136 cm³/mol. The minimum absolute atomic E-state index is 0.0318. The lowest BCUT2D eigenvalue weighted by Crippen LogP contribution is -2.33. The van der Waals surface area contributed by atoms with E-state index < -0.39 is 21.4 Å². The molecule has 0 radical (unpaired) electrons. The monoisotopic (exact) mass is 552 g/mol. The zero-order valence-electron chi connectivity index (χ0n) is 21.1. The third kappa shape index (κ3) is 5.35. The number of nitrogens with one attached hydrogen (secondary N) is 1. The average molecular weight is 553 g/mol. The lowest BCUT2D eigenvalue weighted by Gasteiger charge is -2.23. The molecule has 12 nitrogen and oxygen atoms in total. The largest absolute Gasteiger partial charge is 0.494 e. The molecule has 37 heavy (non-hydrogen) atoms. The molecular weight excluding hydrogens is 524 g/mol. The minimum Gasteiger partial charge on any atom is -0.494 e. The summed E-state index contributed by atoms with van der Waals surface area (Å²) in [6.07, 6.45) is 2.33. The van der Waals surface area contributed by atoms with Crippen molar-refractivity contribution < 1.29 is 27.4 Å². The average Bonchev–Trinajstić information content (AvgIpc) is 3.49. The van der Waals surface area contributed by atoms with E-state index in [4.69, 9.17) is 30.5 Å². The fraction of sp³-hybridized carbons (Fsp3) is 0.478. The molecule has 0 saturated carbocycles. The van der Waals surface area contributed by atoms with E-state index in [2.05, 4.69) is 24.9 Å². The van der Waals surface area contributed by atoms with E-state index in [1.807, 2.05) is 6.92 Å². The smallest absolute Gasteiger partial charge is 0.243 e. The fourth-order valence-corrected chi connectivity index (χ4v) is 5.53. The van der Waals surface area contributed by atoms with Crippen LogP contribution in [-0.2, 0) is 19.5 Å². The van der Waals surface area contributed by atoms with Crippen LogP contribution >= 0.6 is 11.6 Å². The minimum atomic E-state index is -4.10. The molecule has 4 rings (SSSR count). The van der Waals surface area contributed by atoms with Crippen LogP contribution in [-0.4, -0.2) is 72.4 Å². The van der Waals surface area contributed by atoms with Gasteiger partial charge < -0.3 is 18.9 Å². The molecule has 0 amide bonds. The highest BCUT2D eigenvalue weighted by molar-refractivity contribution is 7.93. The molecule has 0 aliphatic carbocycles. The van der Waals surface area contributed by atoms with Crippen LogP contribution in [0.15, 0.2) is 30.6 Å². The summed E-state index contributed by atoms with van der Waals surface area (Å²) in [5.74, 6) is 1.43. The molecule has 1 aliphatic rings. The van der Waals surface area contributed by atoms with Gasteiger partial charge in [0.05, 0.1) is 25.3 Å². The summed E-state index contributed by atoms with van der Waals surface area (Å²) in [7, 11) is 0.322. The molecule has 0 bridgehead atoms. The van der Waals surface area contributed by atoms with Gasteiger partial charge in [0, 0.05) is 32.0 Å². The van der Waals surface area contributed by atoms with Crippen molar-refractivity contribution in [3.63, 3.8) is 0 Å². The lowest BCUT2D eigenvalue weighted by molar-refractivity contribution is 0.0950. The summed E-state index contributed by atoms with van der Waals surface area (Å²) < 4.78 is 53.8. The van der Waals surface area contributed by atoms with Gasteiger partial charge >= 0.3 is 0 Å². The number of methoxy groups -OCH3 is 3. The molecule has 14 heteroatoms. The summed E-state index contributed by atoms with van der Waals surface area (Å²) in [4.78, 5) is 8.25. The number of hydrogen-bond acceptors (Lipinski definition) is 10. The van der Waals surface area contributed by atoms with Gasteiger partial charge in [0.1, 0.15) is 34.4 Å². The summed E-state index contributed by atoms with van der Waals surface area (Å²) in [6.45, 7) is 3.99. The van der Waals surface area contributed by atoms with Crippen molar-refractivity contribution in [1.29, 1.82) is 0 Å². The zero-order valence-corrected chi connectivity index (χ0v) is 22.7. The van der Waals surface area contributed by atoms with Gasteiger partial charge in [-0.3, -0.25) is 9.29 Å². The first-order chi connectivity index (χ1) is 17.7. The Morgan fingerprint density at radius 1 is 1.14 bits per heavy atom. The Bertz CT molecular complexity index is 1310. The summed E-state index contributed by atoms with van der Waals surface area (Å²) in [6, 6.07) is 5.26. The van der Waals surface area contributed by atoms with Gasteiger partial charge in [-0.15, -0.1) is 10.2 Å². The van der Waals surface area contributed by atoms with Crippen LogP contribution in [0.25, 0.3) is 5.69 Å². The molecule has 2 aromatic heterocycles. The van der Waals surface area contributed by atoms with Crippen LogP contribution in [0.1, 0.15) is 43.9 Å². The number of sulfonamides is 1. The molecule has 1 N–H and O–H groups in total. The van der Waals surface area contributed by atoms with Crippen molar-refractivity contribution in [2.45, 2.75) is 43.6 Å². The molecule has 3 aromatic rings. The number of rotatable bonds is 10. The Morgan fingerprint density at radius 3 is 2.32 bits per heavy atom. The van der Waals surface area contributed by atoms with E-state index >= 15 is 0 Å². The van der Waals surface area contributed by atoms with Gasteiger partial charge in [-0.2, -0.15) is 0 Å². The Morgan fingerprint density at radius 2 is 1.78 bits per heavy atom. The second-order valence-corrected chi connectivity index (χ2v) is 10.9. The van der Waals surface area contributed by atoms with Crippen molar-refractivity contribution in [2.75, 3.05) is 32.7 Å². The number of benzene rings is 1. The molecule has 200 valence electrons. The number of nitrogens with zero attached hydrogens (tertiary/aromatic N) is 5. The number of aromatic nitrogens is 5. The molecule has 0 unspecified atom stereocenters. The lowest BCUT2D eigenvalue weighted by atomic mass is 10.0. The Labute approximate surface area is 220 Å². The van der Waals surface area contributed by atoms with Crippen LogP contribution in [0.3, 0.4) is 0 Å². The third-order valence-electron chi connectivity index (χ3n) is 6.32. The highest BCUT2D eigenvalue weighted by Gasteiger charge is 2.37. The van der Waals surface area contributed by atoms with Crippen LogP contribution in [0.4, 0.5) is 5.95 Å². The normalized spacial score (nSPS) is 19.4. The molecule has 3 heterocycles. The number of halogens is 1. The maximum absolute atomic E-state index is 13.6. The highest BCUT2D eigenvalue weighted by atomic mass is 35.5. The van der Waals surface area contributed by atoms with Crippen molar-refractivity contribution in [1.82, 2.24) is 24.7 Å². The molecule has 1 fully saturated rings. The maximum Gasteiger partial charge on any atom is 0.243 e. The van der Waals surface area contributed by atoms with Crippen LogP contribution < -0.4 is 14.2 Å². The molecule has 1 aliphatic heterocycles. The van der Waals surface area contributed by atoms with Crippen LogP contribution in [0.2, 0.25) is 5.02 Å². The first-order valence-corrected chi connectivity index (χ1v) is 13.4. The van der Waals surface area contributed by atoms with Gasteiger partial charge in [0.25, 0.3) is 0 Å². The van der Waals surface area contributed by atoms with Gasteiger partial charge in [-0.1, -0.05) is 17.7 Å². The van der Waals surface area contributed by atoms with Gasteiger partial charge in [0.15, 0.2) is 5.82 Å². The zero-order chi connectivity index (χ0) is 26.7. The summed E-state index contributed by atoms with van der Waals surface area (Å²) in [5, 5.41) is 7.81. The van der Waals surface area contributed by atoms with Crippen molar-refractivity contribution in [3.05, 3.63) is 47.3 Å². The topological polar surface area (TPSA) is 140 Å². The Balaban J connectivity index is 1.80. The molecular formula is C23H29ClN6O6S. The molecule has 4 atom stereocenters. The Kier molecular flexibility index (Phi) is 8.17. The van der Waals surface area contributed by atoms with E-state index in [1.165, 1.54) is 40.6 Å². The van der Waals surface area contributed by atoms with Crippen molar-refractivity contribution in [3.8, 4) is 17.2 Å². The first kappa shape index (κ1) is 27.0. The van der Waals surface area contributed by atoms with E-state index in [0.717, 1.165) is 0 Å². The van der Waals surface area contributed by atoms with Gasteiger partial charge in [-0.25, -0.2) is 18.4 Å². The van der Waals surface area contributed by atoms with Gasteiger partial charge in [0.2, 0.25) is 16.0 Å². The predicted octanol–water partition coefficient (Wildman–Crippen LogP) is 3.14. The second kappa shape index (κ2) is 11.2. The third-order valence-corrected chi connectivity index (χ3v) is 8.21. The quantitative estimate of drug-likeness (QED) is 0.399. The molecule has 1 aromatic carbocycles. The van der Waals surface area contributed by atoms with Gasteiger partial charge in [-0.05, 0) is 32.4 Å². The number of ether oxygens (including phenoxy) is 4. The van der Waals surface area contributed by atoms with E-state index in [-0.39, 0.29) is 23.8 Å². The van der Waals surface area contributed by atoms with Crippen molar-refractivity contribution >= 4 is 27.6 Å².